The number of amides is 1. The summed E-state index contributed by atoms with van der Waals surface area (Å²) in [5, 5.41) is 0. The Kier molecular flexibility index (Phi) is 2.44. The number of nitrogens with zero attached hydrogens (tertiary/aromatic N) is 1. The van der Waals surface area contributed by atoms with Gasteiger partial charge in [0.15, 0.2) is 0 Å². The summed E-state index contributed by atoms with van der Waals surface area (Å²) in [5.74, 6) is -0.359. The molecule has 2 N–H and O–H groups in total. The number of nitrogens with two attached hydrogens (primary N) is 1. The summed E-state index contributed by atoms with van der Waals surface area (Å²) < 4.78 is 13.0. The van der Waals surface area contributed by atoms with Crippen molar-refractivity contribution in [3.8, 4) is 0 Å². The summed E-state index contributed by atoms with van der Waals surface area (Å²) in [4.78, 5) is 13.0. The fraction of sp³-hybridized carbons (Fsp3) is 0.364. The van der Waals surface area contributed by atoms with Crippen LogP contribution in [0.2, 0.25) is 0 Å². The maximum atomic E-state index is 13.0. The molecule has 0 bridgehead atoms. The van der Waals surface area contributed by atoms with Gasteiger partial charge in [0.2, 0.25) is 5.91 Å². The van der Waals surface area contributed by atoms with Crippen molar-refractivity contribution in [2.45, 2.75) is 19.0 Å². The van der Waals surface area contributed by atoms with E-state index in [9.17, 15) is 9.18 Å². The normalized spacial score (nSPS) is 25.3. The average Bonchev–Trinajstić information content (AvgIpc) is 2.24. The van der Waals surface area contributed by atoms with Gasteiger partial charge in [-0.2, -0.15) is 0 Å². The van der Waals surface area contributed by atoms with Crippen LogP contribution < -0.4 is 5.73 Å². The Morgan fingerprint density at radius 3 is 2.87 bits per heavy atom. The van der Waals surface area contributed by atoms with E-state index in [0.717, 1.165) is 5.56 Å². The molecule has 0 spiro atoms. The minimum absolute atomic E-state index is 0.0632. The minimum atomic E-state index is -0.522. The van der Waals surface area contributed by atoms with Crippen LogP contribution in [-0.4, -0.2) is 23.4 Å². The topological polar surface area (TPSA) is 46.3 Å². The second-order valence-corrected chi connectivity index (χ2v) is 3.65. The molecular weight excluding hydrogens is 195 g/mol. The van der Waals surface area contributed by atoms with Crippen LogP contribution in [0.1, 0.15) is 18.5 Å². The van der Waals surface area contributed by atoms with E-state index in [4.69, 9.17) is 5.73 Å². The van der Waals surface area contributed by atoms with Crippen molar-refractivity contribution < 1.29 is 9.18 Å². The number of benzene rings is 1. The Bertz CT molecular complexity index is 394. The molecule has 15 heavy (non-hydrogen) atoms. The number of carbonyl (C=O) groups is 1. The number of likely N-dealkylation sites (tertiary alicyclic amines) is 1. The van der Waals surface area contributed by atoms with E-state index in [2.05, 4.69) is 0 Å². The first-order valence-electron chi connectivity index (χ1n) is 4.96. The molecule has 0 aliphatic carbocycles. The fourth-order valence-electron chi connectivity index (χ4n) is 2.01. The van der Waals surface area contributed by atoms with E-state index in [1.165, 1.54) is 12.1 Å². The first-order valence-corrected chi connectivity index (χ1v) is 4.96. The zero-order valence-electron chi connectivity index (χ0n) is 8.48. The van der Waals surface area contributed by atoms with Gasteiger partial charge < -0.3 is 10.6 Å². The highest BCUT2D eigenvalue weighted by Gasteiger charge is 2.44. The Morgan fingerprint density at radius 1 is 1.53 bits per heavy atom. The maximum absolute atomic E-state index is 13.0. The highest BCUT2D eigenvalue weighted by Crippen LogP contribution is 2.33. The molecule has 1 aromatic rings. The third-order valence-electron chi connectivity index (χ3n) is 2.78. The molecule has 1 aliphatic rings. The molecule has 2 rings (SSSR count). The van der Waals surface area contributed by atoms with E-state index >= 15 is 0 Å². The third-order valence-corrected chi connectivity index (χ3v) is 2.78. The zero-order valence-corrected chi connectivity index (χ0v) is 8.48. The lowest BCUT2D eigenvalue weighted by molar-refractivity contribution is -0.149. The van der Waals surface area contributed by atoms with Crippen molar-refractivity contribution >= 4 is 5.91 Å². The van der Waals surface area contributed by atoms with Gasteiger partial charge in [0.05, 0.1) is 6.04 Å². The molecule has 1 aliphatic heterocycles. The van der Waals surface area contributed by atoms with Crippen molar-refractivity contribution in [2.75, 3.05) is 6.54 Å². The Balaban J connectivity index is 2.28. The molecule has 1 fully saturated rings. The molecule has 4 heteroatoms. The Labute approximate surface area is 87.7 Å². The number of rotatable bonds is 2. The van der Waals surface area contributed by atoms with Gasteiger partial charge >= 0.3 is 0 Å². The van der Waals surface area contributed by atoms with Crippen molar-refractivity contribution in [1.29, 1.82) is 0 Å². The van der Waals surface area contributed by atoms with Gasteiger partial charge in [0.1, 0.15) is 11.9 Å². The van der Waals surface area contributed by atoms with Crippen LogP contribution in [0.15, 0.2) is 24.3 Å². The predicted octanol–water partition coefficient (Wildman–Crippen LogP) is 1.06. The maximum Gasteiger partial charge on any atom is 0.242 e. The standard InChI is InChI=1S/C11H13FN2O/c1-2-14-10(9(13)11(14)15)7-4-3-5-8(12)6-7/h3-6,9-10H,2,13H2,1H3/t9-,10-/m0/s1. The van der Waals surface area contributed by atoms with Gasteiger partial charge in [-0.25, -0.2) is 4.39 Å². The quantitative estimate of drug-likeness (QED) is 0.738. The van der Waals surface area contributed by atoms with Crippen LogP contribution in [-0.2, 0) is 4.79 Å². The second kappa shape index (κ2) is 3.62. The number of halogens is 1. The lowest BCUT2D eigenvalue weighted by Crippen LogP contribution is -2.62. The monoisotopic (exact) mass is 208 g/mol. The molecule has 2 atom stereocenters. The molecule has 0 aromatic heterocycles. The van der Waals surface area contributed by atoms with E-state index in [1.807, 2.05) is 6.92 Å². The SMILES string of the molecule is CCN1C(=O)[C@@H](N)[C@@H]1c1cccc(F)c1. The molecule has 1 heterocycles. The van der Waals surface area contributed by atoms with Gasteiger partial charge in [0.25, 0.3) is 0 Å². The van der Waals surface area contributed by atoms with E-state index in [0.29, 0.717) is 6.54 Å². The van der Waals surface area contributed by atoms with Crippen LogP contribution >= 0.6 is 0 Å². The van der Waals surface area contributed by atoms with Crippen molar-refractivity contribution in [2.24, 2.45) is 5.73 Å². The first-order chi connectivity index (χ1) is 7.15. The predicted molar refractivity (Wildman–Crippen MR) is 54.5 cm³/mol. The average molecular weight is 208 g/mol. The van der Waals surface area contributed by atoms with Crippen LogP contribution in [0.25, 0.3) is 0 Å². The third kappa shape index (κ3) is 1.51. The number of hydrogen-bond acceptors (Lipinski definition) is 2. The van der Waals surface area contributed by atoms with Crippen molar-refractivity contribution in [3.05, 3.63) is 35.6 Å². The molecule has 3 nitrogen and oxygen atoms in total. The summed E-state index contributed by atoms with van der Waals surface area (Å²) in [6.07, 6.45) is 0. The van der Waals surface area contributed by atoms with Crippen LogP contribution in [0.5, 0.6) is 0 Å². The molecular formula is C11H13FN2O. The number of hydrogen-bond donors (Lipinski definition) is 1. The van der Waals surface area contributed by atoms with Gasteiger partial charge in [-0.3, -0.25) is 4.79 Å². The highest BCUT2D eigenvalue weighted by molar-refractivity contribution is 5.89. The number of likely N-dealkylation sites (N-methyl/N-ethyl adjacent to an activating group) is 1. The van der Waals surface area contributed by atoms with Crippen LogP contribution in [0.4, 0.5) is 4.39 Å². The highest BCUT2D eigenvalue weighted by atomic mass is 19.1. The summed E-state index contributed by atoms with van der Waals surface area (Å²) in [6.45, 7) is 2.49. The number of carbonyl (C=O) groups excluding carboxylic acids is 1. The number of β-lactam (4-membered cyclic amide) rings is 1. The summed E-state index contributed by atoms with van der Waals surface area (Å²) in [6, 6.07) is 5.55. The second-order valence-electron chi connectivity index (χ2n) is 3.65. The van der Waals surface area contributed by atoms with E-state index in [-0.39, 0.29) is 17.8 Å². The lowest BCUT2D eigenvalue weighted by atomic mass is 9.89. The van der Waals surface area contributed by atoms with Gasteiger partial charge in [-0.1, -0.05) is 12.1 Å². The summed E-state index contributed by atoms with van der Waals surface area (Å²) in [7, 11) is 0. The van der Waals surface area contributed by atoms with Crippen LogP contribution in [0.3, 0.4) is 0 Å². The Hall–Kier alpha value is -1.42. The van der Waals surface area contributed by atoms with Crippen molar-refractivity contribution in [1.82, 2.24) is 4.90 Å². The van der Waals surface area contributed by atoms with E-state index in [1.54, 1.807) is 17.0 Å². The van der Waals surface area contributed by atoms with Crippen molar-refractivity contribution in [3.63, 3.8) is 0 Å². The van der Waals surface area contributed by atoms with E-state index < -0.39 is 6.04 Å². The lowest BCUT2D eigenvalue weighted by Gasteiger charge is -2.45. The zero-order chi connectivity index (χ0) is 11.0. The minimum Gasteiger partial charge on any atom is -0.332 e. The van der Waals surface area contributed by atoms with Crippen LogP contribution in [0, 0.1) is 5.82 Å². The smallest absolute Gasteiger partial charge is 0.242 e. The molecule has 0 unspecified atom stereocenters. The summed E-state index contributed by atoms with van der Waals surface area (Å²) >= 11 is 0. The van der Waals surface area contributed by atoms with Gasteiger partial charge in [0, 0.05) is 6.54 Å². The molecule has 1 aromatic carbocycles. The molecule has 0 radical (unpaired) electrons. The van der Waals surface area contributed by atoms with Gasteiger partial charge in [-0.15, -0.1) is 0 Å². The van der Waals surface area contributed by atoms with Gasteiger partial charge in [-0.05, 0) is 24.6 Å². The largest absolute Gasteiger partial charge is 0.332 e. The molecule has 1 saturated heterocycles. The Morgan fingerprint density at radius 2 is 2.27 bits per heavy atom. The molecule has 1 amide bonds. The molecule has 0 saturated carbocycles. The fourth-order valence-corrected chi connectivity index (χ4v) is 2.01. The molecule has 80 valence electrons. The summed E-state index contributed by atoms with van der Waals surface area (Å²) in [5.41, 5.74) is 6.47. The first kappa shape index (κ1) is 10.1.